The van der Waals surface area contributed by atoms with E-state index in [1.54, 1.807) is 38.1 Å². The van der Waals surface area contributed by atoms with Gasteiger partial charge in [-0.3, -0.25) is 0 Å². The molecule has 0 bridgehead atoms. The molecule has 0 aromatic heterocycles. The SMILES string of the molecule is CCOC(=O)c1c(-c2ccc(F)cc2)cc(C2CCCC2)c(C(=O)OCC)c1-c1ccc(F)cc1. The lowest BCUT2D eigenvalue weighted by Gasteiger charge is -2.24. The normalized spacial score (nSPS) is 13.6. The number of carbonyl (C=O) groups excluding carboxylic acids is 2. The van der Waals surface area contributed by atoms with Crippen molar-refractivity contribution in [2.24, 2.45) is 0 Å². The molecule has 4 rings (SSSR count). The van der Waals surface area contributed by atoms with E-state index < -0.39 is 23.6 Å². The van der Waals surface area contributed by atoms with Crippen molar-refractivity contribution in [2.75, 3.05) is 13.2 Å². The number of rotatable bonds is 7. The molecule has 0 atom stereocenters. The van der Waals surface area contributed by atoms with E-state index in [1.165, 1.54) is 24.3 Å². The van der Waals surface area contributed by atoms with Crippen molar-refractivity contribution in [2.45, 2.75) is 45.4 Å². The maximum Gasteiger partial charge on any atom is 0.339 e. The molecule has 0 unspecified atom stereocenters. The highest BCUT2D eigenvalue weighted by atomic mass is 19.1. The van der Waals surface area contributed by atoms with E-state index in [9.17, 15) is 18.4 Å². The summed E-state index contributed by atoms with van der Waals surface area (Å²) >= 11 is 0. The van der Waals surface area contributed by atoms with Crippen LogP contribution in [0.1, 0.15) is 71.7 Å². The van der Waals surface area contributed by atoms with Gasteiger partial charge in [0.25, 0.3) is 0 Å². The van der Waals surface area contributed by atoms with Gasteiger partial charge < -0.3 is 9.47 Å². The van der Waals surface area contributed by atoms with Crippen LogP contribution < -0.4 is 0 Å². The van der Waals surface area contributed by atoms with Crippen molar-refractivity contribution in [1.82, 2.24) is 0 Å². The lowest BCUT2D eigenvalue weighted by atomic mass is 9.81. The molecule has 6 heteroatoms. The van der Waals surface area contributed by atoms with Crippen LogP contribution in [0.3, 0.4) is 0 Å². The maximum absolute atomic E-state index is 13.9. The molecule has 1 fully saturated rings. The van der Waals surface area contributed by atoms with E-state index in [2.05, 4.69) is 0 Å². The van der Waals surface area contributed by atoms with Crippen molar-refractivity contribution in [3.63, 3.8) is 0 Å². The van der Waals surface area contributed by atoms with Crippen LogP contribution in [0, 0.1) is 11.6 Å². The summed E-state index contributed by atoms with van der Waals surface area (Å²) in [4.78, 5) is 26.8. The topological polar surface area (TPSA) is 52.6 Å². The zero-order chi connectivity index (χ0) is 24.9. The van der Waals surface area contributed by atoms with Gasteiger partial charge in [0.15, 0.2) is 0 Å². The Labute approximate surface area is 203 Å². The molecular weight excluding hydrogens is 450 g/mol. The van der Waals surface area contributed by atoms with Crippen molar-refractivity contribution in [1.29, 1.82) is 0 Å². The number of ether oxygens (including phenoxy) is 2. The monoisotopic (exact) mass is 478 g/mol. The van der Waals surface area contributed by atoms with E-state index in [1.807, 2.05) is 6.07 Å². The minimum Gasteiger partial charge on any atom is -0.462 e. The van der Waals surface area contributed by atoms with Gasteiger partial charge in [-0.2, -0.15) is 0 Å². The zero-order valence-corrected chi connectivity index (χ0v) is 19.9. The van der Waals surface area contributed by atoms with Gasteiger partial charge in [0.05, 0.1) is 24.3 Å². The third-order valence-corrected chi connectivity index (χ3v) is 6.40. The molecule has 0 N–H and O–H groups in total. The average Bonchev–Trinajstić information content (AvgIpc) is 3.39. The molecular formula is C29H28F2O4. The molecule has 182 valence electrons. The largest absolute Gasteiger partial charge is 0.462 e. The summed E-state index contributed by atoms with van der Waals surface area (Å²) in [5.41, 5.74) is 3.28. The van der Waals surface area contributed by atoms with Gasteiger partial charge in [0.2, 0.25) is 0 Å². The molecule has 0 spiro atoms. The molecule has 3 aromatic carbocycles. The first-order chi connectivity index (χ1) is 16.9. The lowest BCUT2D eigenvalue weighted by molar-refractivity contribution is 0.0525. The minimum atomic E-state index is -0.616. The highest BCUT2D eigenvalue weighted by molar-refractivity contribution is 6.11. The smallest absolute Gasteiger partial charge is 0.339 e. The lowest BCUT2D eigenvalue weighted by Crippen LogP contribution is -2.17. The van der Waals surface area contributed by atoms with Gasteiger partial charge in [-0.25, -0.2) is 18.4 Å². The van der Waals surface area contributed by atoms with Crippen LogP contribution in [0.4, 0.5) is 8.78 Å². The first-order valence-electron chi connectivity index (χ1n) is 12.0. The van der Waals surface area contributed by atoms with E-state index in [0.717, 1.165) is 31.2 Å². The molecule has 0 heterocycles. The van der Waals surface area contributed by atoms with Crippen LogP contribution in [0.2, 0.25) is 0 Å². The summed E-state index contributed by atoms with van der Waals surface area (Å²) in [7, 11) is 0. The van der Waals surface area contributed by atoms with Crippen LogP contribution >= 0.6 is 0 Å². The molecule has 1 saturated carbocycles. The first kappa shape index (κ1) is 24.6. The molecule has 1 aliphatic rings. The number of benzene rings is 3. The Hall–Kier alpha value is -3.54. The Balaban J connectivity index is 2.13. The molecule has 0 saturated heterocycles. The van der Waals surface area contributed by atoms with Crippen LogP contribution in [0.5, 0.6) is 0 Å². The van der Waals surface area contributed by atoms with Crippen LogP contribution in [0.15, 0.2) is 54.6 Å². The molecule has 0 aliphatic heterocycles. The summed E-state index contributed by atoms with van der Waals surface area (Å²) < 4.78 is 38.5. The molecule has 0 amide bonds. The predicted octanol–water partition coefficient (Wildman–Crippen LogP) is 7.31. The number of hydrogen-bond acceptors (Lipinski definition) is 4. The summed E-state index contributed by atoms with van der Waals surface area (Å²) in [5.74, 6) is -1.89. The third kappa shape index (κ3) is 5.11. The Morgan fingerprint density at radius 1 is 0.771 bits per heavy atom. The molecule has 3 aromatic rings. The summed E-state index contributed by atoms with van der Waals surface area (Å²) in [5, 5.41) is 0. The molecule has 0 radical (unpaired) electrons. The van der Waals surface area contributed by atoms with Crippen LogP contribution in [-0.2, 0) is 9.47 Å². The van der Waals surface area contributed by atoms with Gasteiger partial charge >= 0.3 is 11.9 Å². The standard InChI is InChI=1S/C29H28F2O4/c1-3-34-28(32)26-23(18-7-5-6-8-18)17-24(19-9-13-21(30)14-10-19)27(29(33)35-4-2)25(26)20-11-15-22(31)16-12-20/h9-18H,3-8H2,1-2H3. The summed E-state index contributed by atoms with van der Waals surface area (Å²) in [6.45, 7) is 3.72. The fourth-order valence-corrected chi connectivity index (χ4v) is 4.86. The third-order valence-electron chi connectivity index (χ3n) is 6.40. The number of halogens is 2. The predicted molar refractivity (Wildman–Crippen MR) is 130 cm³/mol. The zero-order valence-electron chi connectivity index (χ0n) is 19.9. The van der Waals surface area contributed by atoms with Crippen LogP contribution in [0.25, 0.3) is 22.3 Å². The van der Waals surface area contributed by atoms with Gasteiger partial charge in [-0.15, -0.1) is 0 Å². The highest BCUT2D eigenvalue weighted by Crippen LogP contribution is 2.44. The van der Waals surface area contributed by atoms with Crippen molar-refractivity contribution in [3.05, 3.63) is 82.9 Å². The second-order valence-electron chi connectivity index (χ2n) is 8.57. The molecule has 4 nitrogen and oxygen atoms in total. The summed E-state index contributed by atoms with van der Waals surface area (Å²) in [6.07, 6.45) is 3.86. The Morgan fingerprint density at radius 3 is 1.77 bits per heavy atom. The van der Waals surface area contributed by atoms with E-state index >= 15 is 0 Å². The second kappa shape index (κ2) is 10.8. The molecule has 1 aliphatic carbocycles. The fourth-order valence-electron chi connectivity index (χ4n) is 4.86. The van der Waals surface area contributed by atoms with Crippen LogP contribution in [-0.4, -0.2) is 25.2 Å². The fraction of sp³-hybridized carbons (Fsp3) is 0.310. The quantitative estimate of drug-likeness (QED) is 0.334. The number of hydrogen-bond donors (Lipinski definition) is 0. The van der Waals surface area contributed by atoms with Crippen molar-refractivity contribution in [3.8, 4) is 22.3 Å². The second-order valence-corrected chi connectivity index (χ2v) is 8.57. The first-order valence-corrected chi connectivity index (χ1v) is 12.0. The molecule has 35 heavy (non-hydrogen) atoms. The summed E-state index contributed by atoms with van der Waals surface area (Å²) in [6, 6.07) is 13.4. The highest BCUT2D eigenvalue weighted by Gasteiger charge is 2.33. The van der Waals surface area contributed by atoms with Gasteiger partial charge in [-0.1, -0.05) is 37.1 Å². The Morgan fingerprint density at radius 2 is 1.26 bits per heavy atom. The maximum atomic E-state index is 13.9. The van der Waals surface area contributed by atoms with E-state index in [-0.39, 0.29) is 24.7 Å². The van der Waals surface area contributed by atoms with Gasteiger partial charge in [0.1, 0.15) is 11.6 Å². The van der Waals surface area contributed by atoms with Gasteiger partial charge in [-0.05, 0) is 85.2 Å². The number of esters is 2. The minimum absolute atomic E-state index is 0.101. The number of carbonyl (C=O) groups is 2. The average molecular weight is 479 g/mol. The van der Waals surface area contributed by atoms with E-state index in [0.29, 0.717) is 27.8 Å². The Bertz CT molecular complexity index is 1210. The Kier molecular flexibility index (Phi) is 7.59. The van der Waals surface area contributed by atoms with Crippen molar-refractivity contribution >= 4 is 11.9 Å². The van der Waals surface area contributed by atoms with Crippen molar-refractivity contribution < 1.29 is 27.8 Å². The van der Waals surface area contributed by atoms with Gasteiger partial charge in [0, 0.05) is 5.56 Å². The van der Waals surface area contributed by atoms with E-state index in [4.69, 9.17) is 9.47 Å².